The minimum Gasteiger partial charge on any atom is -0.370 e. The van der Waals surface area contributed by atoms with E-state index in [1.54, 1.807) is 12.1 Å². The summed E-state index contributed by atoms with van der Waals surface area (Å²) in [5.41, 5.74) is 6.86. The van der Waals surface area contributed by atoms with Gasteiger partial charge in [0, 0.05) is 35.3 Å². The number of imide groups is 1. The number of hydrogen-bond donors (Lipinski definition) is 3. The van der Waals surface area contributed by atoms with Gasteiger partial charge in [-0.05, 0) is 43.0 Å². The number of hydrogen-bond acceptors (Lipinski definition) is 5. The number of fused-ring (bicyclic) bond motifs is 4. The summed E-state index contributed by atoms with van der Waals surface area (Å²) in [7, 11) is 0. The molecule has 1 spiro atoms. The van der Waals surface area contributed by atoms with E-state index in [9.17, 15) is 19.2 Å². The number of anilines is 1. The third kappa shape index (κ3) is 3.32. The van der Waals surface area contributed by atoms with E-state index in [-0.39, 0.29) is 31.2 Å². The van der Waals surface area contributed by atoms with E-state index in [4.69, 9.17) is 17.3 Å². The number of benzene rings is 2. The Labute approximate surface area is 201 Å². The molecular formula is C25H25ClN4O4. The number of carbonyl (C=O) groups is 4. The van der Waals surface area contributed by atoms with Crippen LogP contribution >= 0.6 is 11.6 Å². The fraction of sp³-hybridized carbons (Fsp3) is 0.360. The molecule has 34 heavy (non-hydrogen) atoms. The molecule has 0 radical (unpaired) electrons. The molecule has 2 aromatic rings. The lowest BCUT2D eigenvalue weighted by Crippen LogP contribution is -2.53. The van der Waals surface area contributed by atoms with Gasteiger partial charge in [0.2, 0.25) is 23.6 Å². The Hall–Kier alpha value is -3.23. The summed E-state index contributed by atoms with van der Waals surface area (Å²) in [6.07, 6.45) is 0.787. The summed E-state index contributed by atoms with van der Waals surface area (Å²) in [5.74, 6) is -3.33. The van der Waals surface area contributed by atoms with Crippen molar-refractivity contribution in [1.29, 1.82) is 0 Å². The quantitative estimate of drug-likeness (QED) is 0.545. The van der Waals surface area contributed by atoms with E-state index in [0.717, 1.165) is 11.1 Å². The molecule has 4 amide bonds. The Bertz CT molecular complexity index is 1220. The van der Waals surface area contributed by atoms with Crippen LogP contribution in [0.5, 0.6) is 0 Å². The molecule has 8 nitrogen and oxygen atoms in total. The molecule has 4 N–H and O–H groups in total. The maximum Gasteiger partial charge on any atom is 0.250 e. The van der Waals surface area contributed by atoms with Gasteiger partial charge in [0.25, 0.3) is 0 Å². The lowest BCUT2D eigenvalue weighted by atomic mass is 9.76. The third-order valence-corrected chi connectivity index (χ3v) is 7.46. The third-order valence-electron chi connectivity index (χ3n) is 7.25. The van der Waals surface area contributed by atoms with E-state index in [2.05, 4.69) is 10.6 Å². The molecule has 9 heteroatoms. The molecule has 5 rings (SSSR count). The number of amides is 4. The number of carbonyl (C=O) groups excluding carboxylic acids is 4. The number of rotatable bonds is 6. The highest BCUT2D eigenvalue weighted by Crippen LogP contribution is 2.54. The Morgan fingerprint density at radius 2 is 1.88 bits per heavy atom. The Kier molecular flexibility index (Phi) is 5.45. The SMILES string of the molecule is Cc1cc(Cl)cc2c1NC(=O)[C@]21N[C@@H](CCC(N)=O)[C@H]2C(=O)N(CCc3ccccc3)C(=O)[C@H]21. The van der Waals surface area contributed by atoms with Gasteiger partial charge < -0.3 is 11.1 Å². The van der Waals surface area contributed by atoms with E-state index in [1.807, 2.05) is 37.3 Å². The van der Waals surface area contributed by atoms with Crippen molar-refractivity contribution in [3.63, 3.8) is 0 Å². The van der Waals surface area contributed by atoms with Crippen LogP contribution in [-0.2, 0) is 31.1 Å². The predicted molar refractivity (Wildman–Crippen MR) is 126 cm³/mol. The van der Waals surface area contributed by atoms with Gasteiger partial charge in [0.05, 0.1) is 11.8 Å². The molecule has 0 aromatic heterocycles. The second kappa shape index (κ2) is 8.21. The maximum absolute atomic E-state index is 13.7. The van der Waals surface area contributed by atoms with Crippen molar-refractivity contribution in [2.24, 2.45) is 17.6 Å². The van der Waals surface area contributed by atoms with Crippen molar-refractivity contribution in [2.45, 2.75) is 37.8 Å². The minimum atomic E-state index is -1.44. The molecule has 4 atom stereocenters. The number of primary amides is 1. The standard InChI is InChI=1S/C25H25ClN4O4/c1-13-11-15(26)12-16-21(13)28-24(34)25(16)20-19(17(29-25)7-8-18(27)31)22(32)30(23(20)33)10-9-14-5-3-2-4-6-14/h2-6,11-12,17,19-20,29H,7-10H2,1H3,(H2,27,31)(H,28,34)/t17-,19+,20-,25-/m0/s1. The Balaban J connectivity index is 1.55. The second-order valence-corrected chi connectivity index (χ2v) is 9.67. The zero-order valence-corrected chi connectivity index (χ0v) is 19.4. The summed E-state index contributed by atoms with van der Waals surface area (Å²) in [6.45, 7) is 2.05. The van der Waals surface area contributed by atoms with Gasteiger partial charge in [-0.2, -0.15) is 0 Å². The van der Waals surface area contributed by atoms with Gasteiger partial charge in [-0.15, -0.1) is 0 Å². The second-order valence-electron chi connectivity index (χ2n) is 9.23. The fourth-order valence-corrected chi connectivity index (χ4v) is 6.02. The van der Waals surface area contributed by atoms with Crippen molar-refractivity contribution in [2.75, 3.05) is 11.9 Å². The van der Waals surface area contributed by atoms with Crippen LogP contribution in [0.2, 0.25) is 5.02 Å². The summed E-state index contributed by atoms with van der Waals surface area (Å²) in [6, 6.07) is 12.4. The lowest BCUT2D eigenvalue weighted by molar-refractivity contribution is -0.142. The van der Waals surface area contributed by atoms with Crippen LogP contribution < -0.4 is 16.4 Å². The molecule has 2 aromatic carbocycles. The van der Waals surface area contributed by atoms with Crippen molar-refractivity contribution < 1.29 is 19.2 Å². The number of nitrogens with zero attached hydrogens (tertiary/aromatic N) is 1. The van der Waals surface area contributed by atoms with Crippen LogP contribution in [0.1, 0.15) is 29.5 Å². The highest BCUT2D eigenvalue weighted by atomic mass is 35.5. The number of nitrogens with one attached hydrogen (secondary N) is 2. The van der Waals surface area contributed by atoms with E-state index in [1.165, 1.54) is 4.90 Å². The number of nitrogens with two attached hydrogens (primary N) is 1. The van der Waals surface area contributed by atoms with Crippen LogP contribution in [0.15, 0.2) is 42.5 Å². The van der Waals surface area contributed by atoms with Crippen molar-refractivity contribution in [1.82, 2.24) is 10.2 Å². The van der Waals surface area contributed by atoms with Crippen molar-refractivity contribution in [3.05, 3.63) is 64.2 Å². The van der Waals surface area contributed by atoms with Gasteiger partial charge in [-0.25, -0.2) is 0 Å². The molecule has 176 valence electrons. The van der Waals surface area contributed by atoms with Gasteiger partial charge in [0.15, 0.2) is 0 Å². The van der Waals surface area contributed by atoms with Gasteiger partial charge in [-0.3, -0.25) is 29.4 Å². The van der Waals surface area contributed by atoms with Gasteiger partial charge >= 0.3 is 0 Å². The van der Waals surface area contributed by atoms with E-state index < -0.39 is 35.2 Å². The molecule has 2 saturated heterocycles. The van der Waals surface area contributed by atoms with Crippen LogP contribution in [0, 0.1) is 18.8 Å². The molecule has 0 aliphatic carbocycles. The highest BCUT2D eigenvalue weighted by Gasteiger charge is 2.70. The molecule has 3 aliphatic rings. The van der Waals surface area contributed by atoms with Gasteiger partial charge in [0.1, 0.15) is 5.54 Å². The van der Waals surface area contributed by atoms with E-state index >= 15 is 0 Å². The van der Waals surface area contributed by atoms with Crippen LogP contribution in [0.25, 0.3) is 0 Å². The average Bonchev–Trinajstić information content (AvgIpc) is 3.37. The number of halogens is 1. The zero-order valence-electron chi connectivity index (χ0n) is 18.6. The van der Waals surface area contributed by atoms with Crippen LogP contribution in [0.3, 0.4) is 0 Å². The lowest BCUT2D eigenvalue weighted by Gasteiger charge is -2.29. The predicted octanol–water partition coefficient (Wildman–Crippen LogP) is 1.88. The van der Waals surface area contributed by atoms with Crippen molar-refractivity contribution >= 4 is 40.9 Å². The summed E-state index contributed by atoms with van der Waals surface area (Å²) >= 11 is 6.34. The molecule has 0 saturated carbocycles. The molecule has 2 fully saturated rings. The molecule has 0 unspecified atom stereocenters. The molecule has 3 aliphatic heterocycles. The summed E-state index contributed by atoms with van der Waals surface area (Å²) in [5, 5.41) is 6.62. The first-order chi connectivity index (χ1) is 16.2. The Morgan fingerprint density at radius 3 is 2.59 bits per heavy atom. The van der Waals surface area contributed by atoms with Crippen molar-refractivity contribution in [3.8, 4) is 0 Å². The maximum atomic E-state index is 13.7. The fourth-order valence-electron chi connectivity index (χ4n) is 5.75. The average molecular weight is 481 g/mol. The first-order valence-corrected chi connectivity index (χ1v) is 11.7. The molecule has 0 bridgehead atoms. The summed E-state index contributed by atoms with van der Waals surface area (Å²) < 4.78 is 0. The minimum absolute atomic E-state index is 0.0332. The van der Waals surface area contributed by atoms with Gasteiger partial charge in [-0.1, -0.05) is 41.9 Å². The smallest absolute Gasteiger partial charge is 0.250 e. The molecule has 3 heterocycles. The van der Waals surface area contributed by atoms with Crippen LogP contribution in [-0.4, -0.2) is 41.1 Å². The first-order valence-electron chi connectivity index (χ1n) is 11.3. The topological polar surface area (TPSA) is 122 Å². The first kappa shape index (κ1) is 22.6. The largest absolute Gasteiger partial charge is 0.370 e. The molecular weight excluding hydrogens is 456 g/mol. The summed E-state index contributed by atoms with van der Waals surface area (Å²) in [4.78, 5) is 53.6. The monoisotopic (exact) mass is 480 g/mol. The number of aryl methyl sites for hydroxylation is 1. The Morgan fingerprint density at radius 1 is 1.15 bits per heavy atom. The van der Waals surface area contributed by atoms with E-state index in [0.29, 0.717) is 22.7 Å². The number of likely N-dealkylation sites (tertiary alicyclic amines) is 1. The highest BCUT2D eigenvalue weighted by molar-refractivity contribution is 6.31. The van der Waals surface area contributed by atoms with Crippen LogP contribution in [0.4, 0.5) is 5.69 Å². The normalized spacial score (nSPS) is 27.3. The zero-order chi connectivity index (χ0) is 24.2.